The van der Waals surface area contributed by atoms with Gasteiger partial charge in [-0.2, -0.15) is 0 Å². The van der Waals surface area contributed by atoms with Gasteiger partial charge in [0, 0.05) is 27.9 Å². The van der Waals surface area contributed by atoms with Crippen LogP contribution in [-0.2, 0) is 11.2 Å². The molecule has 0 fully saturated rings. The predicted molar refractivity (Wildman–Crippen MR) is 70.7 cm³/mol. The molecule has 0 atom stereocenters. The minimum Gasteiger partial charge on any atom is -0.325 e. The van der Waals surface area contributed by atoms with E-state index in [1.165, 1.54) is 0 Å². The van der Waals surface area contributed by atoms with Crippen molar-refractivity contribution >= 4 is 33.3 Å². The average Bonchev–Trinajstić information content (AvgIpc) is 2.06. The number of hydrogen-bond donors (Lipinski definition) is 1. The zero-order valence-electron chi connectivity index (χ0n) is 9.39. The van der Waals surface area contributed by atoms with Crippen molar-refractivity contribution in [2.45, 2.75) is 32.2 Å². The van der Waals surface area contributed by atoms with E-state index in [9.17, 15) is 4.79 Å². The van der Waals surface area contributed by atoms with E-state index >= 15 is 0 Å². The van der Waals surface area contributed by atoms with Gasteiger partial charge in [-0.05, 0) is 31.5 Å². The Kier molecular flexibility index (Phi) is 4.53. The highest BCUT2D eigenvalue weighted by Crippen LogP contribution is 2.22. The quantitative estimate of drug-likeness (QED) is 0.927. The minimum absolute atomic E-state index is 0.108. The summed E-state index contributed by atoms with van der Waals surface area (Å²) in [6.45, 7) is 3.68. The Balaban J connectivity index is 2.70. The van der Waals surface area contributed by atoms with Crippen molar-refractivity contribution in [2.75, 3.05) is 0 Å². The summed E-state index contributed by atoms with van der Waals surface area (Å²) >= 11 is 9.35. The maximum atomic E-state index is 11.7. The van der Waals surface area contributed by atoms with Gasteiger partial charge in [-0.3, -0.25) is 4.79 Å². The summed E-state index contributed by atoms with van der Waals surface area (Å²) in [6, 6.07) is 5.52. The predicted octanol–water partition coefficient (Wildman–Crippen LogP) is 3.34. The summed E-state index contributed by atoms with van der Waals surface area (Å²) in [5, 5.41) is 0.609. The van der Waals surface area contributed by atoms with Crippen LogP contribution < -0.4 is 5.73 Å². The summed E-state index contributed by atoms with van der Waals surface area (Å²) in [7, 11) is 0. The van der Waals surface area contributed by atoms with Gasteiger partial charge in [-0.25, -0.2) is 0 Å². The molecule has 1 aromatic rings. The maximum Gasteiger partial charge on any atom is 0.139 e. The summed E-state index contributed by atoms with van der Waals surface area (Å²) in [6.07, 6.45) is 0.701. The molecule has 2 nitrogen and oxygen atoms in total. The van der Waals surface area contributed by atoms with E-state index in [2.05, 4.69) is 15.9 Å². The SMILES string of the molecule is CC(C)(N)CC(=O)Cc1ccc(Br)cc1Cl. The van der Waals surface area contributed by atoms with Crippen molar-refractivity contribution in [3.63, 3.8) is 0 Å². The van der Waals surface area contributed by atoms with E-state index < -0.39 is 5.54 Å². The second-order valence-electron chi connectivity index (χ2n) is 4.62. The lowest BCUT2D eigenvalue weighted by atomic mass is 9.96. The molecule has 0 bridgehead atoms. The molecule has 0 amide bonds. The molecular weight excluding hydrogens is 289 g/mol. The summed E-state index contributed by atoms with van der Waals surface area (Å²) in [5.74, 6) is 0.108. The third kappa shape index (κ3) is 4.64. The van der Waals surface area contributed by atoms with E-state index in [0.29, 0.717) is 17.9 Å². The topological polar surface area (TPSA) is 43.1 Å². The largest absolute Gasteiger partial charge is 0.325 e. The molecule has 16 heavy (non-hydrogen) atoms. The van der Waals surface area contributed by atoms with Crippen molar-refractivity contribution in [3.8, 4) is 0 Å². The van der Waals surface area contributed by atoms with Crippen LogP contribution in [0.2, 0.25) is 5.02 Å². The molecule has 4 heteroatoms. The second-order valence-corrected chi connectivity index (χ2v) is 5.94. The van der Waals surface area contributed by atoms with Gasteiger partial charge >= 0.3 is 0 Å². The molecule has 0 saturated heterocycles. The number of carbonyl (C=O) groups is 1. The van der Waals surface area contributed by atoms with Crippen LogP contribution >= 0.6 is 27.5 Å². The number of benzene rings is 1. The molecule has 0 radical (unpaired) electrons. The molecular formula is C12H15BrClNO. The minimum atomic E-state index is -0.459. The Labute approximate surface area is 109 Å². The van der Waals surface area contributed by atoms with Gasteiger partial charge in [0.05, 0.1) is 0 Å². The van der Waals surface area contributed by atoms with E-state index in [1.54, 1.807) is 6.07 Å². The Morgan fingerprint density at radius 3 is 2.62 bits per heavy atom. The molecule has 0 unspecified atom stereocenters. The number of ketones is 1. The van der Waals surface area contributed by atoms with Gasteiger partial charge in [-0.1, -0.05) is 33.6 Å². The van der Waals surface area contributed by atoms with Gasteiger partial charge < -0.3 is 5.73 Å². The number of Topliss-reactive ketones (excluding diaryl/α,β-unsaturated/α-hetero) is 1. The molecule has 1 rings (SSSR count). The number of halogens is 2. The van der Waals surface area contributed by atoms with Crippen molar-refractivity contribution in [1.82, 2.24) is 0 Å². The van der Waals surface area contributed by atoms with E-state index in [-0.39, 0.29) is 5.78 Å². The van der Waals surface area contributed by atoms with Crippen LogP contribution in [0.15, 0.2) is 22.7 Å². The van der Waals surface area contributed by atoms with Crippen LogP contribution in [0.4, 0.5) is 0 Å². The summed E-state index contributed by atoms with van der Waals surface area (Å²) < 4.78 is 0.910. The van der Waals surface area contributed by atoms with Crippen LogP contribution in [0.1, 0.15) is 25.8 Å². The first-order chi connectivity index (χ1) is 7.28. The highest BCUT2D eigenvalue weighted by atomic mass is 79.9. The standard InChI is InChI=1S/C12H15BrClNO/c1-12(2,15)7-10(16)5-8-3-4-9(13)6-11(8)14/h3-4,6H,5,7,15H2,1-2H3. The van der Waals surface area contributed by atoms with Crippen LogP contribution in [0.5, 0.6) is 0 Å². The first-order valence-corrected chi connectivity index (χ1v) is 6.19. The molecule has 1 aromatic carbocycles. The van der Waals surface area contributed by atoms with Crippen LogP contribution in [-0.4, -0.2) is 11.3 Å². The third-order valence-corrected chi connectivity index (χ3v) is 2.90. The molecule has 2 N–H and O–H groups in total. The van der Waals surface area contributed by atoms with Crippen LogP contribution in [0.25, 0.3) is 0 Å². The van der Waals surface area contributed by atoms with Crippen LogP contribution in [0.3, 0.4) is 0 Å². The van der Waals surface area contributed by atoms with E-state index in [0.717, 1.165) is 10.0 Å². The Hall–Kier alpha value is -0.380. The summed E-state index contributed by atoms with van der Waals surface area (Å²) in [4.78, 5) is 11.7. The average molecular weight is 305 g/mol. The lowest BCUT2D eigenvalue weighted by Crippen LogP contribution is -2.35. The smallest absolute Gasteiger partial charge is 0.139 e. The van der Waals surface area contributed by atoms with E-state index in [1.807, 2.05) is 26.0 Å². The fraction of sp³-hybridized carbons (Fsp3) is 0.417. The Morgan fingerprint density at radius 1 is 1.50 bits per heavy atom. The first-order valence-electron chi connectivity index (χ1n) is 5.02. The van der Waals surface area contributed by atoms with E-state index in [4.69, 9.17) is 17.3 Å². The van der Waals surface area contributed by atoms with Crippen molar-refractivity contribution < 1.29 is 4.79 Å². The first kappa shape index (κ1) is 13.7. The molecule has 0 aliphatic heterocycles. The monoisotopic (exact) mass is 303 g/mol. The molecule has 88 valence electrons. The van der Waals surface area contributed by atoms with Crippen molar-refractivity contribution in [3.05, 3.63) is 33.3 Å². The van der Waals surface area contributed by atoms with Gasteiger partial charge in [0.15, 0.2) is 0 Å². The zero-order valence-corrected chi connectivity index (χ0v) is 11.7. The van der Waals surface area contributed by atoms with Crippen molar-refractivity contribution in [2.24, 2.45) is 5.73 Å². The highest BCUT2D eigenvalue weighted by Gasteiger charge is 2.17. The zero-order chi connectivity index (χ0) is 12.3. The molecule has 0 saturated carbocycles. The lowest BCUT2D eigenvalue weighted by Gasteiger charge is -2.17. The number of nitrogens with two attached hydrogens (primary N) is 1. The van der Waals surface area contributed by atoms with Gasteiger partial charge in [0.1, 0.15) is 5.78 Å². The van der Waals surface area contributed by atoms with Gasteiger partial charge in [0.2, 0.25) is 0 Å². The lowest BCUT2D eigenvalue weighted by molar-refractivity contribution is -0.119. The van der Waals surface area contributed by atoms with Gasteiger partial charge in [0.25, 0.3) is 0 Å². The fourth-order valence-electron chi connectivity index (χ4n) is 1.45. The Morgan fingerprint density at radius 2 is 2.12 bits per heavy atom. The second kappa shape index (κ2) is 5.30. The normalized spacial score (nSPS) is 11.6. The summed E-state index contributed by atoms with van der Waals surface area (Å²) in [5.41, 5.74) is 6.18. The molecule has 0 aliphatic rings. The molecule has 0 aromatic heterocycles. The fourth-order valence-corrected chi connectivity index (χ4v) is 2.19. The molecule has 0 spiro atoms. The number of carbonyl (C=O) groups excluding carboxylic acids is 1. The van der Waals surface area contributed by atoms with Crippen LogP contribution in [0, 0.1) is 0 Å². The van der Waals surface area contributed by atoms with Crippen molar-refractivity contribution in [1.29, 1.82) is 0 Å². The number of rotatable bonds is 4. The molecule has 0 heterocycles. The highest BCUT2D eigenvalue weighted by molar-refractivity contribution is 9.10. The third-order valence-electron chi connectivity index (χ3n) is 2.06. The molecule has 0 aliphatic carbocycles. The Bertz CT molecular complexity index is 398. The van der Waals surface area contributed by atoms with Gasteiger partial charge in [-0.15, -0.1) is 0 Å². The number of hydrogen-bond acceptors (Lipinski definition) is 2. The maximum absolute atomic E-state index is 11.7.